The molecule has 1 heterocycles. The molecule has 0 unspecified atom stereocenters. The number of carbonyl (C=O) groups excluding carboxylic acids is 2. The van der Waals surface area contributed by atoms with Crippen molar-refractivity contribution in [2.45, 2.75) is 12.8 Å². The van der Waals surface area contributed by atoms with E-state index in [0.29, 0.717) is 18.0 Å². The van der Waals surface area contributed by atoms with Gasteiger partial charge in [-0.25, -0.2) is 0 Å². The van der Waals surface area contributed by atoms with E-state index < -0.39 is 0 Å². The maximum atomic E-state index is 12.9. The molecule has 0 atom stereocenters. The van der Waals surface area contributed by atoms with Gasteiger partial charge in [0, 0.05) is 24.0 Å². The minimum atomic E-state index is -0.183. The second kappa shape index (κ2) is 9.43. The van der Waals surface area contributed by atoms with Crippen molar-refractivity contribution in [3.8, 4) is 11.5 Å². The predicted molar refractivity (Wildman–Crippen MR) is 113 cm³/mol. The summed E-state index contributed by atoms with van der Waals surface area (Å²) >= 11 is 0. The van der Waals surface area contributed by atoms with Gasteiger partial charge in [0.2, 0.25) is 11.8 Å². The summed E-state index contributed by atoms with van der Waals surface area (Å²) in [6, 6.07) is 13.0. The Hall–Kier alpha value is -3.06. The zero-order valence-corrected chi connectivity index (χ0v) is 17.1. The van der Waals surface area contributed by atoms with Gasteiger partial charge in [-0.2, -0.15) is 0 Å². The Morgan fingerprint density at radius 1 is 1.07 bits per heavy atom. The molecule has 7 heteroatoms. The van der Waals surface area contributed by atoms with E-state index in [9.17, 15) is 9.59 Å². The quantitative estimate of drug-likeness (QED) is 0.778. The van der Waals surface area contributed by atoms with Gasteiger partial charge in [-0.15, -0.1) is 0 Å². The summed E-state index contributed by atoms with van der Waals surface area (Å²) in [5.41, 5.74) is 2.70. The number of nitrogens with zero attached hydrogens (tertiary/aromatic N) is 2. The summed E-state index contributed by atoms with van der Waals surface area (Å²) in [6.45, 7) is 0.964. The van der Waals surface area contributed by atoms with Gasteiger partial charge in [-0.1, -0.05) is 6.07 Å². The fourth-order valence-electron chi connectivity index (χ4n) is 3.48. The Balaban J connectivity index is 1.57. The molecule has 2 aromatic rings. The van der Waals surface area contributed by atoms with Crippen LogP contribution in [0.15, 0.2) is 42.5 Å². The second-order valence-corrected chi connectivity index (χ2v) is 7.10. The highest BCUT2D eigenvalue weighted by atomic mass is 16.5. The molecule has 0 aliphatic carbocycles. The molecule has 29 heavy (non-hydrogen) atoms. The van der Waals surface area contributed by atoms with Crippen molar-refractivity contribution in [1.29, 1.82) is 0 Å². The van der Waals surface area contributed by atoms with Crippen LogP contribution in [0.3, 0.4) is 0 Å². The molecule has 2 amide bonds. The van der Waals surface area contributed by atoms with Crippen LogP contribution in [0, 0.1) is 0 Å². The number of rotatable bonds is 7. The molecule has 3 rings (SSSR count). The highest BCUT2D eigenvalue weighted by Crippen LogP contribution is 2.30. The van der Waals surface area contributed by atoms with Crippen LogP contribution in [0.4, 0.5) is 11.4 Å². The van der Waals surface area contributed by atoms with Gasteiger partial charge in [0.15, 0.2) is 0 Å². The van der Waals surface area contributed by atoms with Gasteiger partial charge in [0.05, 0.1) is 27.3 Å². The second-order valence-electron chi connectivity index (χ2n) is 7.10. The van der Waals surface area contributed by atoms with E-state index in [1.165, 1.54) is 0 Å². The van der Waals surface area contributed by atoms with Crippen LogP contribution in [-0.4, -0.2) is 57.6 Å². The number of anilines is 2. The van der Waals surface area contributed by atoms with E-state index >= 15 is 0 Å². The van der Waals surface area contributed by atoms with Crippen LogP contribution >= 0.6 is 0 Å². The molecular formula is C22H27N3O4. The number of carbonyl (C=O) groups is 2. The fraction of sp³-hybridized carbons (Fsp3) is 0.364. The summed E-state index contributed by atoms with van der Waals surface area (Å²) in [5, 5.41) is 2.83. The Bertz CT molecular complexity index is 884. The van der Waals surface area contributed by atoms with E-state index in [1.807, 2.05) is 30.3 Å². The Kier molecular flexibility index (Phi) is 6.72. The minimum Gasteiger partial charge on any atom is -0.497 e. The molecule has 0 aromatic heterocycles. The van der Waals surface area contributed by atoms with Crippen LogP contribution < -0.4 is 19.7 Å². The van der Waals surface area contributed by atoms with Crippen LogP contribution in [0.25, 0.3) is 0 Å². The lowest BCUT2D eigenvalue weighted by molar-refractivity contribution is -0.121. The number of ether oxygens (including phenoxy) is 2. The molecule has 0 bridgehead atoms. The van der Waals surface area contributed by atoms with Gasteiger partial charge in [0.1, 0.15) is 11.5 Å². The first-order valence-electron chi connectivity index (χ1n) is 9.60. The number of likely N-dealkylation sites (N-methyl/N-ethyl adjacent to an activating group) is 1. The van der Waals surface area contributed by atoms with Gasteiger partial charge >= 0.3 is 0 Å². The van der Waals surface area contributed by atoms with Crippen molar-refractivity contribution >= 4 is 23.2 Å². The third-order valence-electron chi connectivity index (χ3n) is 4.88. The van der Waals surface area contributed by atoms with Crippen molar-refractivity contribution in [3.05, 3.63) is 48.0 Å². The first-order valence-corrected chi connectivity index (χ1v) is 9.60. The number of hydrogen-bond acceptors (Lipinski definition) is 5. The molecule has 0 saturated heterocycles. The third kappa shape index (κ3) is 5.26. The first-order chi connectivity index (χ1) is 14.0. The Labute approximate surface area is 171 Å². The van der Waals surface area contributed by atoms with Crippen LogP contribution in [0.5, 0.6) is 11.5 Å². The van der Waals surface area contributed by atoms with E-state index in [0.717, 1.165) is 29.8 Å². The van der Waals surface area contributed by atoms with Crippen LogP contribution in [0.1, 0.15) is 12.0 Å². The van der Waals surface area contributed by atoms with Crippen molar-refractivity contribution < 1.29 is 19.1 Å². The maximum absolute atomic E-state index is 12.9. The van der Waals surface area contributed by atoms with Crippen molar-refractivity contribution in [2.75, 3.05) is 51.1 Å². The summed E-state index contributed by atoms with van der Waals surface area (Å²) in [6.07, 6.45) is 1.83. The molecule has 2 aromatic carbocycles. The highest BCUT2D eigenvalue weighted by molar-refractivity contribution is 5.97. The SMILES string of the molecule is COc1cccc(NC(=O)CN(C)CC(=O)N2CCCc3cc(OC)ccc32)c1. The molecule has 0 spiro atoms. The molecular weight excluding hydrogens is 370 g/mol. The predicted octanol–water partition coefficient (Wildman–Crippen LogP) is 2.55. The van der Waals surface area contributed by atoms with E-state index in [2.05, 4.69) is 5.32 Å². The Morgan fingerprint density at radius 2 is 1.83 bits per heavy atom. The average molecular weight is 397 g/mol. The summed E-state index contributed by atoms with van der Waals surface area (Å²) in [4.78, 5) is 28.7. The van der Waals surface area contributed by atoms with Crippen LogP contribution in [-0.2, 0) is 16.0 Å². The smallest absolute Gasteiger partial charge is 0.241 e. The van der Waals surface area contributed by atoms with Crippen molar-refractivity contribution in [2.24, 2.45) is 0 Å². The molecule has 1 aliphatic rings. The van der Waals surface area contributed by atoms with Gasteiger partial charge in [-0.3, -0.25) is 14.5 Å². The lowest BCUT2D eigenvalue weighted by Crippen LogP contribution is -2.43. The Morgan fingerprint density at radius 3 is 2.59 bits per heavy atom. The number of hydrogen-bond donors (Lipinski definition) is 1. The van der Waals surface area contributed by atoms with Gasteiger partial charge in [-0.05, 0) is 55.8 Å². The molecule has 0 saturated carbocycles. The largest absolute Gasteiger partial charge is 0.497 e. The summed E-state index contributed by atoms with van der Waals surface area (Å²) < 4.78 is 10.4. The molecule has 1 N–H and O–H groups in total. The monoisotopic (exact) mass is 397 g/mol. The zero-order valence-electron chi connectivity index (χ0n) is 17.1. The van der Waals surface area contributed by atoms with Gasteiger partial charge < -0.3 is 19.7 Å². The standard InChI is InChI=1S/C22H27N3O4/c1-24(14-21(26)23-17-7-4-8-18(13-17)28-2)15-22(27)25-11-5-6-16-12-19(29-3)9-10-20(16)25/h4,7-10,12-13H,5-6,11,14-15H2,1-3H3,(H,23,26). The molecule has 0 radical (unpaired) electrons. The third-order valence-corrected chi connectivity index (χ3v) is 4.88. The number of methoxy groups -OCH3 is 2. The lowest BCUT2D eigenvalue weighted by atomic mass is 10.0. The average Bonchev–Trinajstić information content (AvgIpc) is 2.72. The first kappa shape index (κ1) is 20.7. The molecule has 7 nitrogen and oxygen atoms in total. The van der Waals surface area contributed by atoms with E-state index in [1.54, 1.807) is 43.2 Å². The fourth-order valence-corrected chi connectivity index (χ4v) is 3.48. The molecule has 154 valence electrons. The van der Waals surface area contributed by atoms with Gasteiger partial charge in [0.25, 0.3) is 0 Å². The summed E-state index contributed by atoms with van der Waals surface area (Å²) in [7, 11) is 4.98. The number of fused-ring (bicyclic) bond motifs is 1. The number of amides is 2. The zero-order chi connectivity index (χ0) is 20.8. The minimum absolute atomic E-state index is 0.0206. The van der Waals surface area contributed by atoms with E-state index in [-0.39, 0.29) is 24.9 Å². The molecule has 0 fully saturated rings. The van der Waals surface area contributed by atoms with Crippen molar-refractivity contribution in [1.82, 2.24) is 4.90 Å². The normalized spacial score (nSPS) is 13.0. The van der Waals surface area contributed by atoms with Crippen molar-refractivity contribution in [3.63, 3.8) is 0 Å². The topological polar surface area (TPSA) is 71.1 Å². The highest BCUT2D eigenvalue weighted by Gasteiger charge is 2.24. The molecule has 1 aliphatic heterocycles. The van der Waals surface area contributed by atoms with E-state index in [4.69, 9.17) is 9.47 Å². The number of aryl methyl sites for hydroxylation is 1. The lowest BCUT2D eigenvalue weighted by Gasteiger charge is -2.31. The number of benzene rings is 2. The maximum Gasteiger partial charge on any atom is 0.241 e. The van der Waals surface area contributed by atoms with Crippen LogP contribution in [0.2, 0.25) is 0 Å². The number of nitrogens with one attached hydrogen (secondary N) is 1. The summed E-state index contributed by atoms with van der Waals surface area (Å²) in [5.74, 6) is 1.27.